The van der Waals surface area contributed by atoms with Crippen molar-refractivity contribution in [3.05, 3.63) is 12.3 Å². The van der Waals surface area contributed by atoms with Crippen LogP contribution in [0.2, 0.25) is 0 Å². The summed E-state index contributed by atoms with van der Waals surface area (Å²) >= 11 is 4.13. The van der Waals surface area contributed by atoms with E-state index in [0.717, 1.165) is 0 Å². The molecule has 0 saturated carbocycles. The molecule has 0 aliphatic carbocycles. The average Bonchev–Trinajstić information content (AvgIpc) is 1.61. The highest BCUT2D eigenvalue weighted by molar-refractivity contribution is 8.19. The van der Waals surface area contributed by atoms with Gasteiger partial charge in [-0.3, -0.25) is 4.18 Å². The van der Waals surface area contributed by atoms with Crippen molar-refractivity contribution < 1.29 is 13.5 Å². The van der Waals surface area contributed by atoms with Gasteiger partial charge in [0.1, 0.15) is 22.0 Å². The lowest BCUT2D eigenvalue weighted by molar-refractivity contribution is 0.295. The van der Waals surface area contributed by atoms with Crippen LogP contribution in [0.15, 0.2) is 12.3 Å². The van der Waals surface area contributed by atoms with Gasteiger partial charge in [0.25, 0.3) is 0 Å². The Hall–Kier alpha value is -0.130. The number of hydrogen-bond donors (Lipinski definition) is 2. The summed E-state index contributed by atoms with van der Waals surface area (Å²) in [5.74, 6) is -0.168. The summed E-state index contributed by atoms with van der Waals surface area (Å²) in [5, 5.41) is 8.31. The smallest absolute Gasteiger partial charge is 0.133 e. The Labute approximate surface area is 53.9 Å². The highest BCUT2D eigenvalue weighted by Gasteiger charge is 1.85. The van der Waals surface area contributed by atoms with Crippen LogP contribution >= 0.6 is 0 Å². The van der Waals surface area contributed by atoms with Crippen molar-refractivity contribution in [3.63, 3.8) is 0 Å². The molecule has 0 heterocycles. The van der Waals surface area contributed by atoms with Gasteiger partial charge in [0.15, 0.2) is 0 Å². The molecule has 0 amide bonds. The van der Waals surface area contributed by atoms with E-state index in [1.165, 1.54) is 0 Å². The van der Waals surface area contributed by atoms with Gasteiger partial charge >= 0.3 is 0 Å². The molecular formula is C3H6O3S2. The second kappa shape index (κ2) is 3.82. The van der Waals surface area contributed by atoms with E-state index in [0.29, 0.717) is 0 Å². The van der Waals surface area contributed by atoms with Crippen LogP contribution in [0.3, 0.4) is 0 Å². The first kappa shape index (κ1) is 7.87. The first-order valence-electron chi connectivity index (χ1n) is 1.77. The molecule has 0 bridgehead atoms. The lowest BCUT2D eigenvalue weighted by atomic mass is 10.6. The van der Waals surface area contributed by atoms with Crippen LogP contribution in [-0.2, 0) is 25.0 Å². The van der Waals surface area contributed by atoms with E-state index >= 15 is 0 Å². The predicted molar refractivity (Wildman–Crippen MR) is 34.6 cm³/mol. The van der Waals surface area contributed by atoms with E-state index in [2.05, 4.69) is 22.0 Å². The van der Waals surface area contributed by atoms with E-state index in [4.69, 9.17) is 5.11 Å². The summed E-state index contributed by atoms with van der Waals surface area (Å²) in [7, 11) is -2.02. The molecule has 0 radical (unpaired) electrons. The summed E-state index contributed by atoms with van der Waals surface area (Å²) in [6.07, 6.45) is 0. The van der Waals surface area contributed by atoms with Gasteiger partial charge in [0.05, 0.1) is 0 Å². The zero-order chi connectivity index (χ0) is 6.57. The molecule has 0 aliphatic heterocycles. The van der Waals surface area contributed by atoms with Crippen LogP contribution in [0, 0.1) is 0 Å². The largest absolute Gasteiger partial charge is 0.510 e. The van der Waals surface area contributed by atoms with Gasteiger partial charge in [0.2, 0.25) is 0 Å². The Morgan fingerprint density at radius 3 is 2.62 bits per heavy atom. The van der Waals surface area contributed by atoms with Crippen LogP contribution < -0.4 is 0 Å². The maximum absolute atomic E-state index is 9.94. The first-order valence-corrected chi connectivity index (χ1v) is 3.96. The number of aliphatic hydroxyl groups excluding tert-OH is 1. The Morgan fingerprint density at radius 1 is 2.00 bits per heavy atom. The number of hydrogen-bond acceptors (Lipinski definition) is 4. The molecule has 0 fully saturated rings. The van der Waals surface area contributed by atoms with Crippen LogP contribution in [0.25, 0.3) is 0 Å². The molecular weight excluding hydrogens is 148 g/mol. The third-order valence-electron chi connectivity index (χ3n) is 0.337. The van der Waals surface area contributed by atoms with E-state index in [1.54, 1.807) is 0 Å². The van der Waals surface area contributed by atoms with Crippen LogP contribution in [-0.4, -0.2) is 15.9 Å². The van der Waals surface area contributed by atoms with Crippen molar-refractivity contribution in [2.24, 2.45) is 0 Å². The van der Waals surface area contributed by atoms with Gasteiger partial charge < -0.3 is 5.11 Å². The molecule has 0 aliphatic rings. The third kappa shape index (κ3) is 5.87. The molecule has 0 aromatic carbocycles. The normalized spacial score (nSPS) is 13.0. The summed E-state index contributed by atoms with van der Waals surface area (Å²) in [4.78, 5) is 0. The topological polar surface area (TPSA) is 46.5 Å². The number of rotatable bonds is 3. The van der Waals surface area contributed by atoms with Crippen molar-refractivity contribution >= 4 is 20.8 Å². The average molecular weight is 154 g/mol. The van der Waals surface area contributed by atoms with Crippen molar-refractivity contribution in [3.8, 4) is 0 Å². The van der Waals surface area contributed by atoms with Gasteiger partial charge in [-0.15, -0.1) is 0 Å². The third-order valence-corrected chi connectivity index (χ3v) is 0.993. The lowest BCUT2D eigenvalue weighted by Crippen LogP contribution is -1.92. The van der Waals surface area contributed by atoms with E-state index < -0.39 is 9.64 Å². The van der Waals surface area contributed by atoms with Crippen molar-refractivity contribution in [1.29, 1.82) is 0 Å². The SMILES string of the molecule is C=C(O)CO[SH](=O)=S. The molecule has 1 unspecified atom stereocenters. The molecule has 1 atom stereocenters. The standard InChI is InChI=1S/C3H6O3S2/c1-3(4)2-6-8(5)7/h4,8H,1-2H2. The van der Waals surface area contributed by atoms with Gasteiger partial charge in [-0.1, -0.05) is 6.58 Å². The fourth-order valence-electron chi connectivity index (χ4n) is 0.127. The van der Waals surface area contributed by atoms with E-state index in [1.807, 2.05) is 0 Å². The second-order valence-corrected chi connectivity index (χ2v) is 2.66. The molecule has 5 heteroatoms. The molecule has 3 nitrogen and oxygen atoms in total. The predicted octanol–water partition coefficient (Wildman–Crippen LogP) is -0.0674. The second-order valence-electron chi connectivity index (χ2n) is 1.06. The van der Waals surface area contributed by atoms with Crippen molar-refractivity contribution in [1.82, 2.24) is 0 Å². The monoisotopic (exact) mass is 154 g/mol. The molecule has 0 saturated heterocycles. The lowest BCUT2D eigenvalue weighted by Gasteiger charge is -1.91. The minimum absolute atomic E-state index is 0.140. The Morgan fingerprint density at radius 2 is 2.50 bits per heavy atom. The number of aliphatic hydroxyl groups is 1. The van der Waals surface area contributed by atoms with E-state index in [9.17, 15) is 4.21 Å². The minimum atomic E-state index is -2.02. The fourth-order valence-corrected chi connectivity index (χ4v) is 0.540. The Kier molecular flexibility index (Phi) is 3.76. The van der Waals surface area contributed by atoms with Crippen LogP contribution in [0.1, 0.15) is 0 Å². The summed E-state index contributed by atoms with van der Waals surface area (Å²) in [6, 6.07) is 0. The molecule has 48 valence electrons. The first-order chi connectivity index (χ1) is 3.63. The Balaban J connectivity index is 3.32. The van der Waals surface area contributed by atoms with Crippen molar-refractivity contribution in [2.45, 2.75) is 0 Å². The summed E-state index contributed by atoms with van der Waals surface area (Å²) in [5.41, 5.74) is 0. The minimum Gasteiger partial charge on any atom is -0.510 e. The maximum Gasteiger partial charge on any atom is 0.133 e. The number of thiol groups is 1. The molecule has 0 spiro atoms. The van der Waals surface area contributed by atoms with Gasteiger partial charge in [-0.05, 0) is 0 Å². The highest BCUT2D eigenvalue weighted by Crippen LogP contribution is 1.82. The fraction of sp³-hybridized carbons (Fsp3) is 0.333. The summed E-state index contributed by atoms with van der Waals surface area (Å²) < 4.78 is 14.2. The molecule has 0 rings (SSSR count). The Bertz CT molecular complexity index is 141. The van der Waals surface area contributed by atoms with Gasteiger partial charge in [-0.2, -0.15) is 0 Å². The van der Waals surface area contributed by atoms with Crippen LogP contribution in [0.5, 0.6) is 0 Å². The molecule has 0 aromatic rings. The van der Waals surface area contributed by atoms with Gasteiger partial charge in [-0.25, -0.2) is 4.21 Å². The van der Waals surface area contributed by atoms with Crippen molar-refractivity contribution in [2.75, 3.05) is 6.61 Å². The highest BCUT2D eigenvalue weighted by atomic mass is 32.8. The molecule has 1 N–H and O–H groups in total. The molecule has 8 heavy (non-hydrogen) atoms. The summed E-state index contributed by atoms with van der Waals surface area (Å²) in [6.45, 7) is 2.94. The van der Waals surface area contributed by atoms with Gasteiger partial charge in [0, 0.05) is 11.2 Å². The zero-order valence-corrected chi connectivity index (χ0v) is 5.74. The maximum atomic E-state index is 9.94. The molecule has 0 aromatic heterocycles. The van der Waals surface area contributed by atoms with Crippen LogP contribution in [0.4, 0.5) is 0 Å². The van der Waals surface area contributed by atoms with E-state index in [-0.39, 0.29) is 12.4 Å². The quantitative estimate of drug-likeness (QED) is 0.441. The zero-order valence-electron chi connectivity index (χ0n) is 4.03.